The van der Waals surface area contributed by atoms with Gasteiger partial charge in [-0.1, -0.05) is 37.8 Å². The number of aryl methyl sites for hydroxylation is 1. The molecular formula is C17H23N3O. The first-order valence-electron chi connectivity index (χ1n) is 7.66. The van der Waals surface area contributed by atoms with Crippen LogP contribution in [-0.2, 0) is 4.79 Å². The molecular weight excluding hydrogens is 262 g/mol. The summed E-state index contributed by atoms with van der Waals surface area (Å²) in [5, 5.41) is 15.5. The highest BCUT2D eigenvalue weighted by atomic mass is 16.2. The Labute approximate surface area is 126 Å². The topological polar surface area (TPSA) is 64.9 Å². The number of nitriles is 1. The van der Waals surface area contributed by atoms with Gasteiger partial charge in [-0.05, 0) is 37.5 Å². The number of carbonyl (C=O) groups is 1. The van der Waals surface area contributed by atoms with Crippen LogP contribution in [0.2, 0.25) is 0 Å². The monoisotopic (exact) mass is 285 g/mol. The van der Waals surface area contributed by atoms with Crippen molar-refractivity contribution in [1.29, 1.82) is 5.26 Å². The van der Waals surface area contributed by atoms with Gasteiger partial charge in [-0.3, -0.25) is 4.79 Å². The van der Waals surface area contributed by atoms with E-state index in [0.717, 1.165) is 49.8 Å². The minimum Gasteiger partial charge on any atom is -0.376 e. The second kappa shape index (κ2) is 7.12. The highest BCUT2D eigenvalue weighted by molar-refractivity contribution is 5.81. The number of anilines is 1. The summed E-state index contributed by atoms with van der Waals surface area (Å²) in [6, 6.07) is 10.2. The van der Waals surface area contributed by atoms with Crippen LogP contribution in [0.25, 0.3) is 0 Å². The Morgan fingerprint density at radius 1 is 1.29 bits per heavy atom. The van der Waals surface area contributed by atoms with E-state index in [1.54, 1.807) is 0 Å². The number of amides is 1. The molecule has 0 aliphatic heterocycles. The van der Waals surface area contributed by atoms with E-state index in [0.29, 0.717) is 0 Å². The summed E-state index contributed by atoms with van der Waals surface area (Å²) >= 11 is 0. The Kier molecular flexibility index (Phi) is 5.21. The normalized spacial score (nSPS) is 17.3. The van der Waals surface area contributed by atoms with E-state index in [1.165, 1.54) is 0 Å². The van der Waals surface area contributed by atoms with Gasteiger partial charge in [0.25, 0.3) is 0 Å². The van der Waals surface area contributed by atoms with Crippen LogP contribution in [0, 0.1) is 18.3 Å². The van der Waals surface area contributed by atoms with Crippen LogP contribution in [0.4, 0.5) is 5.69 Å². The average Bonchev–Trinajstić information content (AvgIpc) is 2.71. The average molecular weight is 285 g/mol. The zero-order chi connectivity index (χ0) is 15.1. The molecule has 2 N–H and O–H groups in total. The van der Waals surface area contributed by atoms with E-state index in [1.807, 2.05) is 31.2 Å². The van der Waals surface area contributed by atoms with Gasteiger partial charge in [0.05, 0.1) is 12.6 Å². The molecule has 4 heteroatoms. The number of nitrogens with zero attached hydrogens (tertiary/aromatic N) is 1. The van der Waals surface area contributed by atoms with Crippen molar-refractivity contribution in [1.82, 2.24) is 5.32 Å². The fraction of sp³-hybridized carbons (Fsp3) is 0.529. The van der Waals surface area contributed by atoms with E-state index in [-0.39, 0.29) is 12.5 Å². The molecule has 1 fully saturated rings. The zero-order valence-corrected chi connectivity index (χ0v) is 12.6. The van der Waals surface area contributed by atoms with E-state index in [9.17, 15) is 10.1 Å². The van der Waals surface area contributed by atoms with Crippen LogP contribution >= 0.6 is 0 Å². The van der Waals surface area contributed by atoms with Gasteiger partial charge in [-0.15, -0.1) is 0 Å². The molecule has 1 aliphatic carbocycles. The van der Waals surface area contributed by atoms with E-state index < -0.39 is 5.54 Å². The molecule has 112 valence electrons. The molecule has 1 aromatic carbocycles. The predicted molar refractivity (Wildman–Crippen MR) is 83.9 cm³/mol. The van der Waals surface area contributed by atoms with Gasteiger partial charge in [-0.2, -0.15) is 5.26 Å². The van der Waals surface area contributed by atoms with Gasteiger partial charge in [0, 0.05) is 5.69 Å². The van der Waals surface area contributed by atoms with Crippen LogP contribution in [0.3, 0.4) is 0 Å². The van der Waals surface area contributed by atoms with Crippen LogP contribution in [0.1, 0.15) is 44.1 Å². The summed E-state index contributed by atoms with van der Waals surface area (Å²) in [4.78, 5) is 12.1. The van der Waals surface area contributed by atoms with Gasteiger partial charge in [0.1, 0.15) is 5.54 Å². The molecule has 0 radical (unpaired) electrons. The van der Waals surface area contributed by atoms with Crippen molar-refractivity contribution in [2.24, 2.45) is 0 Å². The van der Waals surface area contributed by atoms with E-state index >= 15 is 0 Å². The van der Waals surface area contributed by atoms with Gasteiger partial charge in [0.15, 0.2) is 0 Å². The van der Waals surface area contributed by atoms with Crippen molar-refractivity contribution in [2.75, 3.05) is 11.9 Å². The number of hydrogen-bond acceptors (Lipinski definition) is 3. The summed E-state index contributed by atoms with van der Waals surface area (Å²) in [5.41, 5.74) is 1.41. The number of benzene rings is 1. The molecule has 1 amide bonds. The lowest BCUT2D eigenvalue weighted by atomic mass is 9.92. The van der Waals surface area contributed by atoms with Crippen molar-refractivity contribution in [3.63, 3.8) is 0 Å². The second-order valence-corrected chi connectivity index (χ2v) is 5.88. The summed E-state index contributed by atoms with van der Waals surface area (Å²) < 4.78 is 0. The number of nitrogens with one attached hydrogen (secondary N) is 2. The summed E-state index contributed by atoms with van der Waals surface area (Å²) in [5.74, 6) is -0.111. The third-order valence-electron chi connectivity index (χ3n) is 4.02. The van der Waals surface area contributed by atoms with Gasteiger partial charge >= 0.3 is 0 Å². The van der Waals surface area contributed by atoms with Crippen molar-refractivity contribution >= 4 is 11.6 Å². The van der Waals surface area contributed by atoms with Crippen LogP contribution in [-0.4, -0.2) is 18.0 Å². The molecule has 1 aromatic rings. The standard InChI is InChI=1S/C17H23N3O/c1-14-7-6-8-15(11-14)19-12-16(21)20-17(13-18)9-4-2-3-5-10-17/h6-8,11,19H,2-5,9-10,12H2,1H3,(H,20,21). The lowest BCUT2D eigenvalue weighted by Crippen LogP contribution is -2.48. The Morgan fingerprint density at radius 3 is 2.62 bits per heavy atom. The fourth-order valence-corrected chi connectivity index (χ4v) is 2.85. The fourth-order valence-electron chi connectivity index (χ4n) is 2.85. The lowest BCUT2D eigenvalue weighted by Gasteiger charge is -2.26. The lowest BCUT2D eigenvalue weighted by molar-refractivity contribution is -0.120. The Bertz CT molecular complexity index is 525. The summed E-state index contributed by atoms with van der Waals surface area (Å²) in [6.07, 6.45) is 5.86. The van der Waals surface area contributed by atoms with Crippen molar-refractivity contribution < 1.29 is 4.79 Å². The quantitative estimate of drug-likeness (QED) is 0.835. The third kappa shape index (κ3) is 4.49. The predicted octanol–water partition coefficient (Wildman–Crippen LogP) is 3.14. The molecule has 2 rings (SSSR count). The molecule has 1 aliphatic rings. The Balaban J connectivity index is 1.89. The van der Waals surface area contributed by atoms with Crippen molar-refractivity contribution in [3.05, 3.63) is 29.8 Å². The number of hydrogen-bond donors (Lipinski definition) is 2. The molecule has 0 saturated heterocycles. The zero-order valence-electron chi connectivity index (χ0n) is 12.6. The Hall–Kier alpha value is -2.02. The van der Waals surface area contributed by atoms with Crippen LogP contribution in [0.5, 0.6) is 0 Å². The molecule has 0 unspecified atom stereocenters. The molecule has 1 saturated carbocycles. The van der Waals surface area contributed by atoms with Gasteiger partial charge < -0.3 is 10.6 Å². The maximum atomic E-state index is 12.1. The number of carbonyl (C=O) groups excluding carboxylic acids is 1. The van der Waals surface area contributed by atoms with Gasteiger partial charge in [-0.25, -0.2) is 0 Å². The third-order valence-corrected chi connectivity index (χ3v) is 4.02. The first-order valence-corrected chi connectivity index (χ1v) is 7.66. The molecule has 0 atom stereocenters. The maximum absolute atomic E-state index is 12.1. The molecule has 0 bridgehead atoms. The second-order valence-electron chi connectivity index (χ2n) is 5.88. The van der Waals surface area contributed by atoms with Crippen LogP contribution < -0.4 is 10.6 Å². The summed E-state index contributed by atoms with van der Waals surface area (Å²) in [6.45, 7) is 2.22. The minimum absolute atomic E-state index is 0.111. The first kappa shape index (κ1) is 15.4. The van der Waals surface area contributed by atoms with E-state index in [4.69, 9.17) is 0 Å². The Morgan fingerprint density at radius 2 is 2.00 bits per heavy atom. The smallest absolute Gasteiger partial charge is 0.240 e. The molecule has 0 heterocycles. The highest BCUT2D eigenvalue weighted by Crippen LogP contribution is 2.26. The van der Waals surface area contributed by atoms with Gasteiger partial charge in [0.2, 0.25) is 5.91 Å². The first-order chi connectivity index (χ1) is 10.1. The maximum Gasteiger partial charge on any atom is 0.240 e. The summed E-state index contributed by atoms with van der Waals surface area (Å²) in [7, 11) is 0. The molecule has 21 heavy (non-hydrogen) atoms. The number of rotatable bonds is 4. The molecule has 0 aromatic heterocycles. The van der Waals surface area contributed by atoms with Crippen LogP contribution in [0.15, 0.2) is 24.3 Å². The SMILES string of the molecule is Cc1cccc(NCC(=O)NC2(C#N)CCCCCC2)c1. The highest BCUT2D eigenvalue weighted by Gasteiger charge is 2.32. The largest absolute Gasteiger partial charge is 0.376 e. The van der Waals surface area contributed by atoms with Crippen molar-refractivity contribution in [3.8, 4) is 6.07 Å². The van der Waals surface area contributed by atoms with Crippen molar-refractivity contribution in [2.45, 2.75) is 51.0 Å². The molecule has 0 spiro atoms. The minimum atomic E-state index is -0.665. The molecule has 4 nitrogen and oxygen atoms in total. The van der Waals surface area contributed by atoms with E-state index in [2.05, 4.69) is 16.7 Å².